The zero-order valence-electron chi connectivity index (χ0n) is 12.8. The van der Waals surface area contributed by atoms with Gasteiger partial charge in [-0.3, -0.25) is 9.48 Å². The van der Waals surface area contributed by atoms with Gasteiger partial charge in [-0.1, -0.05) is 0 Å². The zero-order chi connectivity index (χ0) is 14.6. The fourth-order valence-corrected chi connectivity index (χ4v) is 2.25. The van der Waals surface area contributed by atoms with E-state index in [2.05, 4.69) is 10.4 Å². The first kappa shape index (κ1) is 15.5. The molecule has 0 spiro atoms. The second kappa shape index (κ2) is 6.59. The molecular weight excluding hydrogens is 240 g/mol. The summed E-state index contributed by atoms with van der Waals surface area (Å²) in [7, 11) is 0. The van der Waals surface area contributed by atoms with Gasteiger partial charge in [-0.25, -0.2) is 0 Å². The third kappa shape index (κ3) is 3.98. The number of nitrogens with zero attached hydrogens (tertiary/aromatic N) is 3. The Kier molecular flexibility index (Phi) is 5.39. The Hall–Kier alpha value is -1.52. The van der Waals surface area contributed by atoms with Crippen LogP contribution in [0.3, 0.4) is 0 Å². The highest BCUT2D eigenvalue weighted by molar-refractivity contribution is 5.84. The Morgan fingerprint density at radius 3 is 2.32 bits per heavy atom. The fraction of sp³-hybridized carbons (Fsp3) is 0.714. The Balaban J connectivity index is 2.70. The van der Waals surface area contributed by atoms with Crippen LogP contribution < -0.4 is 5.32 Å². The molecular formula is C14H26N4O. The van der Waals surface area contributed by atoms with E-state index in [-0.39, 0.29) is 24.0 Å². The van der Waals surface area contributed by atoms with Crippen molar-refractivity contribution in [2.24, 2.45) is 0 Å². The Bertz CT molecular complexity index is 403. The minimum atomic E-state index is -0.251. The van der Waals surface area contributed by atoms with Crippen molar-refractivity contribution in [3.05, 3.63) is 12.4 Å². The fourth-order valence-electron chi connectivity index (χ4n) is 2.25. The van der Waals surface area contributed by atoms with Crippen molar-refractivity contribution in [2.75, 3.05) is 5.32 Å². The number of aryl methyl sites for hydroxylation is 1. The molecule has 1 rings (SSSR count). The molecule has 1 heterocycles. The van der Waals surface area contributed by atoms with E-state index in [0.29, 0.717) is 0 Å². The van der Waals surface area contributed by atoms with Gasteiger partial charge in [0.15, 0.2) is 0 Å². The summed E-state index contributed by atoms with van der Waals surface area (Å²) in [4.78, 5) is 14.3. The molecule has 0 aliphatic heterocycles. The van der Waals surface area contributed by atoms with Crippen LogP contribution in [0.25, 0.3) is 0 Å². The highest BCUT2D eigenvalue weighted by Crippen LogP contribution is 2.12. The van der Waals surface area contributed by atoms with Crippen molar-refractivity contribution in [1.82, 2.24) is 14.7 Å². The van der Waals surface area contributed by atoms with E-state index in [1.165, 1.54) is 0 Å². The molecule has 108 valence electrons. The lowest BCUT2D eigenvalue weighted by atomic mass is 10.2. The maximum atomic E-state index is 12.4. The minimum absolute atomic E-state index is 0.120. The van der Waals surface area contributed by atoms with Crippen LogP contribution in [-0.2, 0) is 11.3 Å². The quantitative estimate of drug-likeness (QED) is 0.860. The van der Waals surface area contributed by atoms with Crippen LogP contribution in [-0.4, -0.2) is 38.7 Å². The van der Waals surface area contributed by atoms with E-state index < -0.39 is 0 Å². The first-order valence-corrected chi connectivity index (χ1v) is 6.98. The standard InChI is InChI=1S/C14H26N4O/c1-7-17-9-13(8-15-17)16-12(6)14(19)18(10(2)3)11(4)5/h8-12,16H,7H2,1-6H3. The Morgan fingerprint density at radius 1 is 1.32 bits per heavy atom. The predicted molar refractivity (Wildman–Crippen MR) is 78.1 cm³/mol. The number of hydrogen-bond acceptors (Lipinski definition) is 3. The third-order valence-electron chi connectivity index (χ3n) is 3.08. The van der Waals surface area contributed by atoms with Crippen LogP contribution in [0.4, 0.5) is 5.69 Å². The molecule has 5 heteroatoms. The van der Waals surface area contributed by atoms with Gasteiger partial charge in [-0.2, -0.15) is 5.10 Å². The molecule has 0 aliphatic carbocycles. The van der Waals surface area contributed by atoms with Gasteiger partial charge in [-0.05, 0) is 41.5 Å². The minimum Gasteiger partial charge on any atom is -0.371 e. The summed E-state index contributed by atoms with van der Waals surface area (Å²) < 4.78 is 1.84. The molecule has 1 atom stereocenters. The number of carbonyl (C=O) groups excluding carboxylic acids is 1. The Labute approximate surface area is 116 Å². The third-order valence-corrected chi connectivity index (χ3v) is 3.08. The number of amides is 1. The van der Waals surface area contributed by atoms with Crippen molar-refractivity contribution >= 4 is 11.6 Å². The summed E-state index contributed by atoms with van der Waals surface area (Å²) in [6, 6.07) is 0.157. The Morgan fingerprint density at radius 2 is 1.89 bits per heavy atom. The average Bonchev–Trinajstić information content (AvgIpc) is 2.75. The molecule has 0 saturated heterocycles. The molecule has 1 aromatic rings. The number of rotatable bonds is 6. The number of aromatic nitrogens is 2. The molecule has 0 radical (unpaired) electrons. The van der Waals surface area contributed by atoms with Gasteiger partial charge < -0.3 is 10.2 Å². The average molecular weight is 266 g/mol. The molecule has 1 aromatic heterocycles. The lowest BCUT2D eigenvalue weighted by Gasteiger charge is -2.33. The van der Waals surface area contributed by atoms with E-state index in [9.17, 15) is 4.79 Å². The zero-order valence-corrected chi connectivity index (χ0v) is 12.8. The van der Waals surface area contributed by atoms with Gasteiger partial charge in [0.25, 0.3) is 0 Å². The lowest BCUT2D eigenvalue weighted by Crippen LogP contribution is -2.48. The van der Waals surface area contributed by atoms with E-state index in [1.54, 1.807) is 6.20 Å². The van der Waals surface area contributed by atoms with E-state index in [0.717, 1.165) is 12.2 Å². The largest absolute Gasteiger partial charge is 0.371 e. The highest BCUT2D eigenvalue weighted by Gasteiger charge is 2.25. The van der Waals surface area contributed by atoms with Crippen molar-refractivity contribution in [1.29, 1.82) is 0 Å². The molecule has 1 unspecified atom stereocenters. The van der Waals surface area contributed by atoms with Crippen LogP contribution in [0.5, 0.6) is 0 Å². The van der Waals surface area contributed by atoms with Crippen LogP contribution >= 0.6 is 0 Å². The molecule has 19 heavy (non-hydrogen) atoms. The number of anilines is 1. The van der Waals surface area contributed by atoms with E-state index in [4.69, 9.17) is 0 Å². The van der Waals surface area contributed by atoms with Crippen molar-refractivity contribution in [3.8, 4) is 0 Å². The van der Waals surface area contributed by atoms with Gasteiger partial charge in [0, 0.05) is 24.8 Å². The second-order valence-electron chi connectivity index (χ2n) is 5.38. The smallest absolute Gasteiger partial charge is 0.245 e. The summed E-state index contributed by atoms with van der Waals surface area (Å²) in [6.45, 7) is 12.9. The first-order chi connectivity index (χ1) is 8.86. The van der Waals surface area contributed by atoms with Gasteiger partial charge in [0.2, 0.25) is 5.91 Å². The lowest BCUT2D eigenvalue weighted by molar-refractivity contribution is -0.135. The van der Waals surface area contributed by atoms with Gasteiger partial charge >= 0.3 is 0 Å². The van der Waals surface area contributed by atoms with Crippen molar-refractivity contribution < 1.29 is 4.79 Å². The highest BCUT2D eigenvalue weighted by atomic mass is 16.2. The maximum absolute atomic E-state index is 12.4. The molecule has 1 amide bonds. The van der Waals surface area contributed by atoms with Gasteiger partial charge in [0.05, 0.1) is 11.9 Å². The summed E-state index contributed by atoms with van der Waals surface area (Å²) in [5.74, 6) is 0.120. The van der Waals surface area contributed by atoms with Gasteiger partial charge in [0.1, 0.15) is 6.04 Å². The molecule has 1 N–H and O–H groups in total. The molecule has 0 bridgehead atoms. The molecule has 0 aromatic carbocycles. The van der Waals surface area contributed by atoms with Crippen molar-refractivity contribution in [3.63, 3.8) is 0 Å². The molecule has 0 aliphatic rings. The first-order valence-electron chi connectivity index (χ1n) is 6.98. The maximum Gasteiger partial charge on any atom is 0.245 e. The number of nitrogens with one attached hydrogen (secondary N) is 1. The summed E-state index contributed by atoms with van der Waals surface area (Å²) >= 11 is 0. The molecule has 0 fully saturated rings. The van der Waals surface area contributed by atoms with Crippen LogP contribution in [0.1, 0.15) is 41.5 Å². The van der Waals surface area contributed by atoms with E-state index >= 15 is 0 Å². The summed E-state index contributed by atoms with van der Waals surface area (Å²) in [6.07, 6.45) is 3.67. The van der Waals surface area contributed by atoms with Crippen molar-refractivity contribution in [2.45, 2.75) is 66.2 Å². The number of carbonyl (C=O) groups is 1. The number of hydrogen-bond donors (Lipinski definition) is 1. The molecule has 5 nitrogen and oxygen atoms in total. The SMILES string of the molecule is CCn1cc(NC(C)C(=O)N(C(C)C)C(C)C)cn1. The monoisotopic (exact) mass is 266 g/mol. The van der Waals surface area contributed by atoms with Crippen LogP contribution in [0.15, 0.2) is 12.4 Å². The summed E-state index contributed by atoms with van der Waals surface area (Å²) in [5.41, 5.74) is 0.884. The van der Waals surface area contributed by atoms with Crippen LogP contribution in [0, 0.1) is 0 Å². The van der Waals surface area contributed by atoms with Crippen LogP contribution in [0.2, 0.25) is 0 Å². The topological polar surface area (TPSA) is 50.2 Å². The predicted octanol–water partition coefficient (Wildman–Crippen LogP) is 2.35. The van der Waals surface area contributed by atoms with E-state index in [1.807, 2.05) is 57.3 Å². The normalized spacial score (nSPS) is 12.8. The summed E-state index contributed by atoms with van der Waals surface area (Å²) in [5, 5.41) is 7.40. The molecule has 0 saturated carbocycles. The second-order valence-corrected chi connectivity index (χ2v) is 5.38. The van der Waals surface area contributed by atoms with Gasteiger partial charge in [-0.15, -0.1) is 0 Å².